The van der Waals surface area contributed by atoms with Crippen LogP contribution in [-0.2, 0) is 13.2 Å². The lowest BCUT2D eigenvalue weighted by Crippen LogP contribution is -2.16. The molecule has 1 aliphatic rings. The lowest BCUT2D eigenvalue weighted by atomic mass is 10.2. The monoisotopic (exact) mass is 633 g/mol. The summed E-state index contributed by atoms with van der Waals surface area (Å²) in [5.41, 5.74) is 3.04. The molecule has 0 unspecified atom stereocenters. The number of thioether (sulfide) groups is 1. The molecule has 0 amide bonds. The van der Waals surface area contributed by atoms with Crippen LogP contribution >= 0.6 is 40.1 Å². The third-order valence-corrected chi connectivity index (χ3v) is 7.37. The molecule has 0 fully saturated rings. The fraction of sp³-hybridized carbons (Fsp3) is 0.296. The number of aromatic nitrogens is 4. The highest BCUT2D eigenvalue weighted by Crippen LogP contribution is 2.38. The summed E-state index contributed by atoms with van der Waals surface area (Å²) in [7, 11) is 1.65. The highest BCUT2D eigenvalue weighted by atomic mass is 79.9. The van der Waals surface area contributed by atoms with Gasteiger partial charge in [0, 0.05) is 12.3 Å². The summed E-state index contributed by atoms with van der Waals surface area (Å²) >= 11 is 5.30. The number of nitrogens with one attached hydrogen (secondary N) is 1. The van der Waals surface area contributed by atoms with Gasteiger partial charge in [-0.15, -0.1) is 17.5 Å². The van der Waals surface area contributed by atoms with Crippen LogP contribution < -0.4 is 24.3 Å². The van der Waals surface area contributed by atoms with Crippen LogP contribution in [0.4, 0.5) is 0 Å². The number of benzene rings is 3. The first-order valence-corrected chi connectivity index (χ1v) is 14.0. The predicted molar refractivity (Wildman–Crippen MR) is 156 cm³/mol. The second-order valence-electron chi connectivity index (χ2n) is 8.46. The van der Waals surface area contributed by atoms with Crippen molar-refractivity contribution in [3.8, 4) is 28.7 Å². The van der Waals surface area contributed by atoms with Crippen molar-refractivity contribution >= 4 is 40.1 Å². The second kappa shape index (κ2) is 14.4. The first-order chi connectivity index (χ1) is 18.7. The van der Waals surface area contributed by atoms with E-state index in [0.717, 1.165) is 56.7 Å². The van der Waals surface area contributed by atoms with E-state index in [2.05, 4.69) is 42.8 Å². The van der Waals surface area contributed by atoms with E-state index < -0.39 is 0 Å². The SMILES string of the molecule is COc1cc(CNCCCSc2nnnn2-c2ccccc2)cc(Br)c1OCc1ccc2c(c1)OCCO2.Cl. The van der Waals surface area contributed by atoms with Gasteiger partial charge in [-0.05, 0) is 86.8 Å². The summed E-state index contributed by atoms with van der Waals surface area (Å²) in [5.74, 6) is 3.76. The Morgan fingerprint density at radius 3 is 2.67 bits per heavy atom. The van der Waals surface area contributed by atoms with Crippen LogP contribution in [0, 0.1) is 0 Å². The number of halogens is 2. The molecule has 5 rings (SSSR count). The van der Waals surface area contributed by atoms with Gasteiger partial charge in [-0.2, -0.15) is 4.68 Å². The van der Waals surface area contributed by atoms with Gasteiger partial charge in [-0.25, -0.2) is 0 Å². The van der Waals surface area contributed by atoms with Crippen molar-refractivity contribution in [1.29, 1.82) is 0 Å². The average Bonchev–Trinajstić information content (AvgIpc) is 3.43. The molecule has 0 bridgehead atoms. The number of methoxy groups -OCH3 is 1. The Bertz CT molecular complexity index is 1360. The molecule has 0 radical (unpaired) electrons. The van der Waals surface area contributed by atoms with Gasteiger partial charge in [0.15, 0.2) is 23.0 Å². The summed E-state index contributed by atoms with van der Waals surface area (Å²) < 4.78 is 25.6. The van der Waals surface area contributed by atoms with Gasteiger partial charge >= 0.3 is 0 Å². The standard InChI is InChI=1S/C27H28BrN5O4S.ClH/c1-34-25-16-20(14-22(28)26(25)37-18-19-8-9-23-24(15-19)36-12-11-35-23)17-29-10-5-13-38-27-30-31-32-33(27)21-6-3-2-4-7-21;/h2-4,6-9,14-16,29H,5,10-13,17-18H2,1H3;1H. The predicted octanol–water partition coefficient (Wildman–Crippen LogP) is 5.48. The Labute approximate surface area is 246 Å². The molecule has 1 aromatic heterocycles. The topological polar surface area (TPSA) is 92.6 Å². The smallest absolute Gasteiger partial charge is 0.214 e. The summed E-state index contributed by atoms with van der Waals surface area (Å²) in [5, 5.41) is 16.4. The normalized spacial score (nSPS) is 12.1. The first kappa shape index (κ1) is 29.0. The zero-order chi connectivity index (χ0) is 26.2. The lowest BCUT2D eigenvalue weighted by molar-refractivity contribution is 0.171. The number of hydrogen-bond donors (Lipinski definition) is 1. The van der Waals surface area contributed by atoms with Crippen LogP contribution in [0.25, 0.3) is 5.69 Å². The van der Waals surface area contributed by atoms with E-state index in [1.54, 1.807) is 23.6 Å². The zero-order valence-corrected chi connectivity index (χ0v) is 24.6. The van der Waals surface area contributed by atoms with Crippen molar-refractivity contribution in [3.63, 3.8) is 0 Å². The van der Waals surface area contributed by atoms with E-state index in [9.17, 15) is 0 Å². The maximum atomic E-state index is 6.12. The van der Waals surface area contributed by atoms with Gasteiger partial charge < -0.3 is 24.3 Å². The Morgan fingerprint density at radius 1 is 1.03 bits per heavy atom. The molecular formula is C27H29BrClN5O4S. The van der Waals surface area contributed by atoms with Crippen LogP contribution in [0.1, 0.15) is 17.5 Å². The number of fused-ring (bicyclic) bond motifs is 1. The molecule has 1 N–H and O–H groups in total. The molecule has 0 atom stereocenters. The van der Waals surface area contributed by atoms with Gasteiger partial charge in [-0.1, -0.05) is 36.0 Å². The number of nitrogens with zero attached hydrogens (tertiary/aromatic N) is 4. The number of tetrazole rings is 1. The van der Waals surface area contributed by atoms with Crippen LogP contribution in [0.3, 0.4) is 0 Å². The molecule has 39 heavy (non-hydrogen) atoms. The highest BCUT2D eigenvalue weighted by Gasteiger charge is 2.15. The molecule has 4 aromatic rings. The molecule has 0 spiro atoms. The van der Waals surface area contributed by atoms with Gasteiger partial charge in [0.2, 0.25) is 5.16 Å². The Kier molecular flexibility index (Phi) is 10.7. The summed E-state index contributed by atoms with van der Waals surface area (Å²) in [4.78, 5) is 0. The quantitative estimate of drug-likeness (QED) is 0.161. The number of hydrogen-bond acceptors (Lipinski definition) is 9. The molecule has 0 aliphatic carbocycles. The van der Waals surface area contributed by atoms with E-state index in [0.29, 0.717) is 37.9 Å². The van der Waals surface area contributed by atoms with Crippen molar-refractivity contribution in [2.75, 3.05) is 32.6 Å². The molecule has 3 aromatic carbocycles. The highest BCUT2D eigenvalue weighted by molar-refractivity contribution is 9.10. The van der Waals surface area contributed by atoms with E-state index in [1.807, 2.05) is 54.6 Å². The maximum absolute atomic E-state index is 6.12. The maximum Gasteiger partial charge on any atom is 0.214 e. The largest absolute Gasteiger partial charge is 0.493 e. The minimum absolute atomic E-state index is 0. The molecule has 0 saturated heterocycles. The summed E-state index contributed by atoms with van der Waals surface area (Å²) in [6.45, 7) is 3.09. The second-order valence-corrected chi connectivity index (χ2v) is 10.4. The van der Waals surface area contributed by atoms with E-state index in [1.165, 1.54) is 0 Å². The van der Waals surface area contributed by atoms with Gasteiger partial charge in [0.25, 0.3) is 0 Å². The molecule has 9 nitrogen and oxygen atoms in total. The van der Waals surface area contributed by atoms with E-state index in [4.69, 9.17) is 18.9 Å². The van der Waals surface area contributed by atoms with Crippen molar-refractivity contribution in [1.82, 2.24) is 25.5 Å². The Morgan fingerprint density at radius 2 is 1.85 bits per heavy atom. The summed E-state index contributed by atoms with van der Waals surface area (Å²) in [6.07, 6.45) is 0.974. The van der Waals surface area contributed by atoms with Crippen molar-refractivity contribution in [2.24, 2.45) is 0 Å². The molecule has 0 saturated carbocycles. The Balaban J connectivity index is 0.00000353. The van der Waals surface area contributed by atoms with Crippen LogP contribution in [0.5, 0.6) is 23.0 Å². The molecule has 2 heterocycles. The number of rotatable bonds is 12. The molecule has 206 valence electrons. The fourth-order valence-corrected chi connectivity index (χ4v) is 5.38. The van der Waals surface area contributed by atoms with Crippen LogP contribution in [0.2, 0.25) is 0 Å². The van der Waals surface area contributed by atoms with Crippen LogP contribution in [0.15, 0.2) is 70.3 Å². The molecule has 12 heteroatoms. The third kappa shape index (κ3) is 7.57. The van der Waals surface area contributed by atoms with Gasteiger partial charge in [0.05, 0.1) is 17.3 Å². The number of ether oxygens (including phenoxy) is 4. The van der Waals surface area contributed by atoms with Crippen LogP contribution in [-0.4, -0.2) is 52.8 Å². The minimum Gasteiger partial charge on any atom is -0.493 e. The molecule has 1 aliphatic heterocycles. The first-order valence-electron chi connectivity index (χ1n) is 12.3. The van der Waals surface area contributed by atoms with Gasteiger partial charge in [-0.3, -0.25) is 0 Å². The third-order valence-electron chi connectivity index (χ3n) is 5.78. The average molecular weight is 635 g/mol. The fourth-order valence-electron chi connectivity index (χ4n) is 3.94. The Hall–Kier alpha value is -2.99. The molecular weight excluding hydrogens is 606 g/mol. The lowest BCUT2D eigenvalue weighted by Gasteiger charge is -2.19. The van der Waals surface area contributed by atoms with Gasteiger partial charge in [0.1, 0.15) is 19.8 Å². The van der Waals surface area contributed by atoms with Crippen molar-refractivity contribution < 1.29 is 18.9 Å². The summed E-state index contributed by atoms with van der Waals surface area (Å²) in [6, 6.07) is 19.8. The van der Waals surface area contributed by atoms with E-state index >= 15 is 0 Å². The van der Waals surface area contributed by atoms with Crippen molar-refractivity contribution in [2.45, 2.75) is 24.7 Å². The zero-order valence-electron chi connectivity index (χ0n) is 21.3. The minimum atomic E-state index is 0. The number of para-hydroxylation sites is 1. The van der Waals surface area contributed by atoms with Crippen molar-refractivity contribution in [3.05, 3.63) is 76.3 Å². The van der Waals surface area contributed by atoms with E-state index in [-0.39, 0.29) is 12.4 Å².